The van der Waals surface area contributed by atoms with Crippen LogP contribution in [0.5, 0.6) is 0 Å². The minimum absolute atomic E-state index is 0.152. The molecular weight excluding hydrogens is 388 g/mol. The number of carbonyl (C=O) groups excluding carboxylic acids is 1. The van der Waals surface area contributed by atoms with Gasteiger partial charge in [-0.3, -0.25) is 4.68 Å². The number of nitrogens with one attached hydrogen (secondary N) is 1. The summed E-state index contributed by atoms with van der Waals surface area (Å²) in [5, 5.41) is 0. The number of hydrogen-bond acceptors (Lipinski definition) is 4. The second-order valence-electron chi connectivity index (χ2n) is 6.76. The molecule has 1 aromatic heterocycles. The van der Waals surface area contributed by atoms with E-state index in [1.807, 2.05) is 37.3 Å². The zero-order chi connectivity index (χ0) is 21.0. The van der Waals surface area contributed by atoms with E-state index in [4.69, 9.17) is 4.74 Å². The summed E-state index contributed by atoms with van der Waals surface area (Å²) in [5.41, 5.74) is 3.42. The molecular formula is C22H24N2O4S. The number of esters is 1. The molecule has 1 N–H and O–H groups in total. The summed E-state index contributed by atoms with van der Waals surface area (Å²) in [7, 11) is -3.83. The molecule has 0 aliphatic carbocycles. The number of hydrogen-bond donors (Lipinski definition) is 1. The van der Waals surface area contributed by atoms with Crippen LogP contribution in [0.15, 0.2) is 65.6 Å². The molecule has 152 valence electrons. The first-order valence-corrected chi connectivity index (χ1v) is 10.8. The molecule has 0 spiro atoms. The summed E-state index contributed by atoms with van der Waals surface area (Å²) in [5.74, 6) is -0.479. The Morgan fingerprint density at radius 1 is 1.03 bits per heavy atom. The molecule has 0 bridgehead atoms. The third-order valence-electron chi connectivity index (χ3n) is 4.59. The first-order chi connectivity index (χ1) is 13.8. The van der Waals surface area contributed by atoms with E-state index in [0.29, 0.717) is 23.4 Å². The van der Waals surface area contributed by atoms with Crippen LogP contribution >= 0.6 is 0 Å². The van der Waals surface area contributed by atoms with Crippen LogP contribution in [-0.2, 0) is 21.2 Å². The van der Waals surface area contributed by atoms with E-state index >= 15 is 0 Å². The SMILES string of the molecule is CCOC(=O)c1cc(Cc2ccccc2)n(NS(=O)(=O)c2ccc(C)cc2)c1C. The van der Waals surface area contributed by atoms with Gasteiger partial charge in [-0.2, -0.15) is 8.42 Å². The van der Waals surface area contributed by atoms with E-state index in [-0.39, 0.29) is 11.5 Å². The van der Waals surface area contributed by atoms with Crippen molar-refractivity contribution in [3.05, 3.63) is 88.7 Å². The number of carbonyl (C=O) groups is 1. The Bertz CT molecular complexity index is 1100. The molecule has 0 aliphatic rings. The number of nitrogens with zero attached hydrogens (tertiary/aromatic N) is 1. The summed E-state index contributed by atoms with van der Waals surface area (Å²) in [4.78, 5) is 15.1. The maximum atomic E-state index is 12.9. The third-order valence-corrected chi connectivity index (χ3v) is 5.91. The molecule has 0 saturated carbocycles. The van der Waals surface area contributed by atoms with Crippen molar-refractivity contribution in [1.82, 2.24) is 4.68 Å². The minimum atomic E-state index is -3.83. The molecule has 3 rings (SSSR count). The van der Waals surface area contributed by atoms with Crippen molar-refractivity contribution >= 4 is 16.0 Å². The fraction of sp³-hybridized carbons (Fsp3) is 0.227. The van der Waals surface area contributed by atoms with Crippen molar-refractivity contribution in [3.8, 4) is 0 Å². The van der Waals surface area contributed by atoms with Gasteiger partial charge in [-0.15, -0.1) is 0 Å². The maximum Gasteiger partial charge on any atom is 0.340 e. The molecule has 0 saturated heterocycles. The predicted molar refractivity (Wildman–Crippen MR) is 112 cm³/mol. The lowest BCUT2D eigenvalue weighted by Crippen LogP contribution is -2.26. The van der Waals surface area contributed by atoms with E-state index in [1.54, 1.807) is 44.2 Å². The number of ether oxygens (including phenoxy) is 1. The molecule has 29 heavy (non-hydrogen) atoms. The first-order valence-electron chi connectivity index (χ1n) is 9.33. The molecule has 0 aliphatic heterocycles. The Hall–Kier alpha value is -3.06. The van der Waals surface area contributed by atoms with Crippen molar-refractivity contribution < 1.29 is 17.9 Å². The number of aromatic nitrogens is 1. The fourth-order valence-electron chi connectivity index (χ4n) is 3.04. The van der Waals surface area contributed by atoms with Gasteiger partial charge < -0.3 is 4.74 Å². The third kappa shape index (κ3) is 4.68. The normalized spacial score (nSPS) is 11.3. The number of aryl methyl sites for hydroxylation is 1. The van der Waals surface area contributed by atoms with E-state index in [9.17, 15) is 13.2 Å². The average molecular weight is 413 g/mol. The van der Waals surface area contributed by atoms with E-state index < -0.39 is 16.0 Å². The van der Waals surface area contributed by atoms with Gasteiger partial charge in [0.1, 0.15) is 0 Å². The smallest absolute Gasteiger partial charge is 0.340 e. The largest absolute Gasteiger partial charge is 0.462 e. The first kappa shape index (κ1) is 20.7. The number of benzene rings is 2. The number of sulfonamides is 1. The molecule has 3 aromatic rings. The number of rotatable bonds is 7. The quantitative estimate of drug-likeness (QED) is 0.599. The topological polar surface area (TPSA) is 77.4 Å². The van der Waals surface area contributed by atoms with E-state index in [1.165, 1.54) is 4.68 Å². The Kier molecular flexibility index (Phi) is 6.08. The van der Waals surface area contributed by atoms with Gasteiger partial charge in [-0.25, -0.2) is 9.63 Å². The van der Waals surface area contributed by atoms with Crippen LogP contribution in [0.1, 0.15) is 39.8 Å². The highest BCUT2D eigenvalue weighted by Gasteiger charge is 2.22. The second kappa shape index (κ2) is 8.53. The monoisotopic (exact) mass is 412 g/mol. The van der Waals surface area contributed by atoms with Crippen LogP contribution < -0.4 is 4.83 Å². The highest BCUT2D eigenvalue weighted by atomic mass is 32.2. The Morgan fingerprint density at radius 2 is 1.69 bits per heavy atom. The van der Waals surface area contributed by atoms with Crippen molar-refractivity contribution in [3.63, 3.8) is 0 Å². The zero-order valence-corrected chi connectivity index (χ0v) is 17.5. The van der Waals surface area contributed by atoms with E-state index in [2.05, 4.69) is 4.83 Å². The molecule has 0 radical (unpaired) electrons. The standard InChI is InChI=1S/C22H24N2O4S/c1-4-28-22(25)21-15-19(14-18-8-6-5-7-9-18)24(17(21)3)23-29(26,27)20-12-10-16(2)11-13-20/h5-13,15,23H,4,14H2,1-3H3. The minimum Gasteiger partial charge on any atom is -0.462 e. The van der Waals surface area contributed by atoms with Crippen LogP contribution in [0.2, 0.25) is 0 Å². The molecule has 1 heterocycles. The molecule has 0 fully saturated rings. The Balaban J connectivity index is 2.03. The zero-order valence-electron chi connectivity index (χ0n) is 16.7. The van der Waals surface area contributed by atoms with Crippen LogP contribution in [0.3, 0.4) is 0 Å². The molecule has 7 heteroatoms. The Labute approximate surface area is 171 Å². The average Bonchev–Trinajstić information content (AvgIpc) is 2.98. The van der Waals surface area contributed by atoms with Crippen molar-refractivity contribution in [2.45, 2.75) is 32.1 Å². The summed E-state index contributed by atoms with van der Waals surface area (Å²) in [6.07, 6.45) is 0.456. The van der Waals surface area contributed by atoms with Crippen LogP contribution in [0.4, 0.5) is 0 Å². The van der Waals surface area contributed by atoms with Crippen molar-refractivity contribution in [1.29, 1.82) is 0 Å². The van der Waals surface area contributed by atoms with E-state index in [0.717, 1.165) is 11.1 Å². The van der Waals surface area contributed by atoms with Gasteiger partial charge in [0.25, 0.3) is 10.0 Å². The molecule has 0 atom stereocenters. The van der Waals surface area contributed by atoms with Crippen molar-refractivity contribution in [2.75, 3.05) is 11.4 Å². The summed E-state index contributed by atoms with van der Waals surface area (Å²) in [6, 6.07) is 17.9. The van der Waals surface area contributed by atoms with Crippen LogP contribution in [-0.4, -0.2) is 25.7 Å². The van der Waals surface area contributed by atoms with Gasteiger partial charge in [-0.1, -0.05) is 48.0 Å². The van der Waals surface area contributed by atoms with Crippen LogP contribution in [0, 0.1) is 13.8 Å². The summed E-state index contributed by atoms with van der Waals surface area (Å²) in [6.45, 7) is 5.56. The lowest BCUT2D eigenvalue weighted by atomic mass is 10.1. The van der Waals surface area contributed by atoms with Gasteiger partial charge >= 0.3 is 5.97 Å². The van der Waals surface area contributed by atoms with Gasteiger partial charge in [0, 0.05) is 12.1 Å². The molecule has 0 amide bonds. The van der Waals surface area contributed by atoms with Crippen LogP contribution in [0.25, 0.3) is 0 Å². The Morgan fingerprint density at radius 3 is 2.31 bits per heavy atom. The highest BCUT2D eigenvalue weighted by molar-refractivity contribution is 7.92. The van der Waals surface area contributed by atoms with Crippen molar-refractivity contribution in [2.24, 2.45) is 0 Å². The fourth-order valence-corrected chi connectivity index (χ4v) is 4.13. The highest BCUT2D eigenvalue weighted by Crippen LogP contribution is 2.21. The summed E-state index contributed by atoms with van der Waals surface area (Å²) >= 11 is 0. The molecule has 2 aromatic carbocycles. The van der Waals surface area contributed by atoms with Gasteiger partial charge in [-0.05, 0) is 44.5 Å². The molecule has 0 unspecified atom stereocenters. The predicted octanol–water partition coefficient (Wildman–Crippen LogP) is 3.80. The molecule has 6 nitrogen and oxygen atoms in total. The summed E-state index contributed by atoms with van der Waals surface area (Å²) < 4.78 is 32.4. The maximum absolute atomic E-state index is 12.9. The lowest BCUT2D eigenvalue weighted by Gasteiger charge is -2.15. The van der Waals surface area contributed by atoms with Gasteiger partial charge in [0.15, 0.2) is 0 Å². The van der Waals surface area contributed by atoms with Gasteiger partial charge in [0.05, 0.1) is 22.8 Å². The second-order valence-corrected chi connectivity index (χ2v) is 8.42. The lowest BCUT2D eigenvalue weighted by molar-refractivity contribution is 0.0525. The van der Waals surface area contributed by atoms with Gasteiger partial charge in [0.2, 0.25) is 0 Å².